The van der Waals surface area contributed by atoms with Crippen molar-refractivity contribution >= 4 is 16.0 Å². The number of aromatic nitrogens is 1. The lowest BCUT2D eigenvalue weighted by Crippen LogP contribution is -2.41. The Labute approximate surface area is 151 Å². The summed E-state index contributed by atoms with van der Waals surface area (Å²) >= 11 is 0. The normalized spacial score (nSPS) is 16.5. The minimum Gasteiger partial charge on any atom is -0.486 e. The summed E-state index contributed by atoms with van der Waals surface area (Å²) in [5.74, 6) is 0.625. The molecule has 1 aromatic carbocycles. The third-order valence-electron chi connectivity index (χ3n) is 4.11. The van der Waals surface area contributed by atoms with Gasteiger partial charge in [-0.05, 0) is 18.2 Å². The Morgan fingerprint density at radius 3 is 2.73 bits per heavy atom. The zero-order chi connectivity index (χ0) is 18.9. The van der Waals surface area contributed by atoms with Crippen molar-refractivity contribution in [3.63, 3.8) is 0 Å². The molecule has 1 atom stereocenters. The first-order valence-electron chi connectivity index (χ1n) is 7.92. The number of rotatable bonds is 5. The van der Waals surface area contributed by atoms with E-state index in [1.807, 2.05) is 12.1 Å². The monoisotopic (exact) mass is 380 g/mol. The molecule has 1 aliphatic heterocycles. The third-order valence-corrected chi connectivity index (χ3v) is 5.90. The van der Waals surface area contributed by atoms with Gasteiger partial charge in [-0.1, -0.05) is 12.1 Å². The van der Waals surface area contributed by atoms with Crippen molar-refractivity contribution < 1.29 is 27.4 Å². The number of benzene rings is 1. The second-order valence-electron chi connectivity index (χ2n) is 5.95. The Morgan fingerprint density at radius 2 is 2.04 bits per heavy atom. The smallest absolute Gasteiger partial charge is 0.354 e. The summed E-state index contributed by atoms with van der Waals surface area (Å²) in [5.41, 5.74) is 0.158. The standard InChI is InChI=1S/C17H20N2O6S/c1-18-10-13(8-14(18)17(20)23-3)26(21,22)19(2)9-12-11-24-15-6-4-5-7-16(15)25-12/h4-8,10,12H,9,11H2,1-3H3/t12-/m0/s1. The van der Waals surface area contributed by atoms with Gasteiger partial charge in [0.25, 0.3) is 0 Å². The average Bonchev–Trinajstić information content (AvgIpc) is 3.03. The van der Waals surface area contributed by atoms with E-state index >= 15 is 0 Å². The molecular formula is C17H20N2O6S. The molecule has 140 valence electrons. The van der Waals surface area contributed by atoms with E-state index in [0.29, 0.717) is 11.5 Å². The minimum absolute atomic E-state index is 0.0139. The number of carbonyl (C=O) groups is 1. The van der Waals surface area contributed by atoms with Crippen molar-refractivity contribution in [3.8, 4) is 11.5 Å². The molecule has 0 saturated carbocycles. The van der Waals surface area contributed by atoms with Gasteiger partial charge >= 0.3 is 5.97 Å². The van der Waals surface area contributed by atoms with Gasteiger partial charge in [0.1, 0.15) is 23.3 Å². The maximum absolute atomic E-state index is 12.8. The van der Waals surface area contributed by atoms with Gasteiger partial charge in [-0.3, -0.25) is 0 Å². The van der Waals surface area contributed by atoms with E-state index < -0.39 is 22.1 Å². The van der Waals surface area contributed by atoms with Crippen LogP contribution in [0.25, 0.3) is 0 Å². The maximum atomic E-state index is 12.8. The summed E-state index contributed by atoms with van der Waals surface area (Å²) in [7, 11) is 0.500. The van der Waals surface area contributed by atoms with Crippen LogP contribution in [0, 0.1) is 0 Å². The van der Waals surface area contributed by atoms with Gasteiger partial charge in [0.2, 0.25) is 10.0 Å². The fourth-order valence-corrected chi connectivity index (χ4v) is 3.97. The van der Waals surface area contributed by atoms with Gasteiger partial charge in [0.15, 0.2) is 11.5 Å². The summed E-state index contributed by atoms with van der Waals surface area (Å²) in [6, 6.07) is 8.53. The van der Waals surface area contributed by atoms with Gasteiger partial charge in [0.05, 0.1) is 13.7 Å². The van der Waals surface area contributed by atoms with Gasteiger partial charge in [-0.15, -0.1) is 0 Å². The zero-order valence-electron chi connectivity index (χ0n) is 14.7. The molecule has 0 radical (unpaired) electrons. The molecule has 3 rings (SSSR count). The Hall–Kier alpha value is -2.52. The highest BCUT2D eigenvalue weighted by Crippen LogP contribution is 2.31. The highest BCUT2D eigenvalue weighted by atomic mass is 32.2. The summed E-state index contributed by atoms with van der Waals surface area (Å²) in [6.45, 7) is 0.359. The fourth-order valence-electron chi connectivity index (χ4n) is 2.70. The van der Waals surface area contributed by atoms with E-state index in [1.54, 1.807) is 19.2 Å². The number of sulfonamides is 1. The number of fused-ring (bicyclic) bond motifs is 1. The van der Waals surface area contributed by atoms with E-state index in [2.05, 4.69) is 4.74 Å². The van der Waals surface area contributed by atoms with Gasteiger partial charge in [-0.25, -0.2) is 13.2 Å². The molecule has 1 aliphatic rings. The molecule has 0 fully saturated rings. The van der Waals surface area contributed by atoms with E-state index in [0.717, 1.165) is 0 Å². The Bertz CT molecular complexity index is 921. The van der Waals surface area contributed by atoms with Crippen LogP contribution in [-0.4, -0.2) is 56.7 Å². The maximum Gasteiger partial charge on any atom is 0.354 e. The van der Waals surface area contributed by atoms with Crippen molar-refractivity contribution in [2.45, 2.75) is 11.0 Å². The van der Waals surface area contributed by atoms with Crippen LogP contribution >= 0.6 is 0 Å². The lowest BCUT2D eigenvalue weighted by atomic mass is 10.2. The third kappa shape index (κ3) is 3.40. The van der Waals surface area contributed by atoms with Crippen LogP contribution in [0.5, 0.6) is 11.5 Å². The molecule has 0 saturated heterocycles. The summed E-state index contributed by atoms with van der Waals surface area (Å²) in [4.78, 5) is 11.7. The number of likely N-dealkylation sites (N-methyl/N-ethyl adjacent to an activating group) is 1. The minimum atomic E-state index is -3.79. The highest BCUT2D eigenvalue weighted by molar-refractivity contribution is 7.89. The number of methoxy groups -OCH3 is 1. The Kier molecular flexibility index (Phi) is 4.92. The molecule has 9 heteroatoms. The van der Waals surface area contributed by atoms with Gasteiger partial charge in [-0.2, -0.15) is 4.31 Å². The first kappa shape index (κ1) is 18.3. The van der Waals surface area contributed by atoms with Crippen molar-refractivity contribution in [3.05, 3.63) is 42.2 Å². The first-order valence-corrected chi connectivity index (χ1v) is 9.36. The van der Waals surface area contributed by atoms with Crippen LogP contribution in [0.1, 0.15) is 10.5 Å². The van der Waals surface area contributed by atoms with Crippen LogP contribution < -0.4 is 9.47 Å². The molecule has 0 N–H and O–H groups in total. The number of aryl methyl sites for hydroxylation is 1. The molecular weight excluding hydrogens is 360 g/mol. The highest BCUT2D eigenvalue weighted by Gasteiger charge is 2.29. The lowest BCUT2D eigenvalue weighted by Gasteiger charge is -2.29. The van der Waals surface area contributed by atoms with Gasteiger partial charge < -0.3 is 18.8 Å². The molecule has 1 aromatic heterocycles. The molecule has 2 heterocycles. The van der Waals surface area contributed by atoms with Gasteiger partial charge in [0, 0.05) is 20.3 Å². The Morgan fingerprint density at radius 1 is 1.35 bits per heavy atom. The van der Waals surface area contributed by atoms with Crippen LogP contribution in [0.4, 0.5) is 0 Å². The summed E-state index contributed by atoms with van der Waals surface area (Å²) in [6.07, 6.45) is 0.944. The topological polar surface area (TPSA) is 87.1 Å². The average molecular weight is 380 g/mol. The van der Waals surface area contributed by atoms with E-state index in [4.69, 9.17) is 9.47 Å². The quantitative estimate of drug-likeness (QED) is 0.726. The largest absolute Gasteiger partial charge is 0.486 e. The van der Waals surface area contributed by atoms with Crippen molar-refractivity contribution in [2.24, 2.45) is 7.05 Å². The lowest BCUT2D eigenvalue weighted by molar-refractivity contribution is 0.0590. The molecule has 0 amide bonds. The van der Waals surface area contributed by atoms with E-state index in [9.17, 15) is 13.2 Å². The van der Waals surface area contributed by atoms with Crippen molar-refractivity contribution in [2.75, 3.05) is 27.3 Å². The molecule has 0 unspecified atom stereocenters. The molecule has 26 heavy (non-hydrogen) atoms. The Balaban J connectivity index is 1.75. The first-order chi connectivity index (χ1) is 12.3. The number of para-hydroxylation sites is 2. The zero-order valence-corrected chi connectivity index (χ0v) is 15.5. The number of hydrogen-bond donors (Lipinski definition) is 0. The predicted octanol–water partition coefficient (Wildman–Crippen LogP) is 1.27. The second kappa shape index (κ2) is 7.00. The summed E-state index contributed by atoms with van der Waals surface area (Å²) in [5, 5.41) is 0. The number of esters is 1. The SMILES string of the molecule is COC(=O)c1cc(S(=O)(=O)N(C)C[C@H]2COc3ccccc3O2)cn1C. The number of carbonyl (C=O) groups excluding carboxylic acids is 1. The van der Waals surface area contributed by atoms with Crippen molar-refractivity contribution in [1.29, 1.82) is 0 Å². The van der Waals surface area contributed by atoms with Crippen LogP contribution in [0.3, 0.4) is 0 Å². The number of nitrogens with zero attached hydrogens (tertiary/aromatic N) is 2. The molecule has 0 aliphatic carbocycles. The number of ether oxygens (including phenoxy) is 3. The summed E-state index contributed by atoms with van der Waals surface area (Å²) < 4.78 is 44.3. The molecule has 2 aromatic rings. The number of hydrogen-bond acceptors (Lipinski definition) is 6. The molecule has 8 nitrogen and oxygen atoms in total. The predicted molar refractivity (Wildman–Crippen MR) is 92.9 cm³/mol. The molecule has 0 spiro atoms. The van der Waals surface area contributed by atoms with E-state index in [1.165, 1.54) is 35.3 Å². The van der Waals surface area contributed by atoms with Crippen molar-refractivity contribution in [1.82, 2.24) is 8.87 Å². The van der Waals surface area contributed by atoms with Crippen LogP contribution in [-0.2, 0) is 21.8 Å². The fraction of sp³-hybridized carbons (Fsp3) is 0.353. The molecule has 0 bridgehead atoms. The second-order valence-corrected chi connectivity index (χ2v) is 7.99. The van der Waals surface area contributed by atoms with Crippen LogP contribution in [0.15, 0.2) is 41.4 Å². The van der Waals surface area contributed by atoms with E-state index in [-0.39, 0.29) is 23.7 Å². The van der Waals surface area contributed by atoms with Crippen LogP contribution in [0.2, 0.25) is 0 Å².